The highest BCUT2D eigenvalue weighted by molar-refractivity contribution is 5.52. The molecule has 0 saturated heterocycles. The monoisotopic (exact) mass is 193 g/mol. The van der Waals surface area contributed by atoms with Gasteiger partial charge in [-0.1, -0.05) is 0 Å². The van der Waals surface area contributed by atoms with Crippen LogP contribution in [0.1, 0.15) is 17.1 Å². The van der Waals surface area contributed by atoms with E-state index in [0.717, 1.165) is 11.3 Å². The highest BCUT2D eigenvalue weighted by Gasteiger charge is 2.10. The Balaban J connectivity index is 2.84. The molecule has 0 aliphatic rings. The Kier molecular flexibility index (Phi) is 1.85. The minimum Gasteiger partial charge on any atom is -0.388 e. The van der Waals surface area contributed by atoms with Crippen LogP contribution in [0.2, 0.25) is 0 Å². The molecule has 0 aliphatic heterocycles. The number of rotatable bonds is 1. The highest BCUT2D eigenvalue weighted by atomic mass is 16.3. The fourth-order valence-electron chi connectivity index (χ4n) is 1.29. The number of aromatic nitrogens is 4. The first-order valence-electron chi connectivity index (χ1n) is 4.22. The number of nitrogens with two attached hydrogens (primary N) is 1. The van der Waals surface area contributed by atoms with Crippen molar-refractivity contribution in [2.45, 2.75) is 20.5 Å². The van der Waals surface area contributed by atoms with E-state index in [1.165, 1.54) is 4.52 Å². The molecule has 3 N–H and O–H groups in total. The standard InChI is InChI=1S/C8H11N5O/c1-4-5(2)10-8(9)13-7(4)11-6(3-14)12-13/h14H,3H2,1-2H3,(H2,9,10). The van der Waals surface area contributed by atoms with Crippen molar-refractivity contribution in [3.63, 3.8) is 0 Å². The van der Waals surface area contributed by atoms with Crippen molar-refractivity contribution >= 4 is 11.6 Å². The second kappa shape index (κ2) is 2.91. The SMILES string of the molecule is Cc1nc(N)n2nc(CO)nc2c1C. The number of hydrogen-bond donors (Lipinski definition) is 2. The van der Waals surface area contributed by atoms with E-state index >= 15 is 0 Å². The third kappa shape index (κ3) is 1.12. The van der Waals surface area contributed by atoms with Gasteiger partial charge in [0.2, 0.25) is 5.95 Å². The van der Waals surface area contributed by atoms with Crippen LogP contribution in [-0.4, -0.2) is 24.7 Å². The first-order chi connectivity index (χ1) is 6.63. The van der Waals surface area contributed by atoms with Gasteiger partial charge in [0.15, 0.2) is 11.5 Å². The van der Waals surface area contributed by atoms with Crippen LogP contribution in [0.5, 0.6) is 0 Å². The average molecular weight is 193 g/mol. The average Bonchev–Trinajstić information content (AvgIpc) is 2.58. The van der Waals surface area contributed by atoms with Crippen LogP contribution in [-0.2, 0) is 6.61 Å². The van der Waals surface area contributed by atoms with Crippen molar-refractivity contribution in [3.8, 4) is 0 Å². The zero-order valence-electron chi connectivity index (χ0n) is 8.02. The Hall–Kier alpha value is -1.69. The minimum absolute atomic E-state index is 0.195. The van der Waals surface area contributed by atoms with E-state index in [9.17, 15) is 0 Å². The first kappa shape index (κ1) is 8.89. The van der Waals surface area contributed by atoms with Crippen molar-refractivity contribution < 1.29 is 5.11 Å². The molecule has 0 fully saturated rings. The van der Waals surface area contributed by atoms with Crippen molar-refractivity contribution in [2.75, 3.05) is 5.73 Å². The van der Waals surface area contributed by atoms with Crippen LogP contribution in [0.3, 0.4) is 0 Å². The number of nitrogen functional groups attached to an aromatic ring is 1. The topological polar surface area (TPSA) is 89.3 Å². The summed E-state index contributed by atoms with van der Waals surface area (Å²) in [4.78, 5) is 8.24. The van der Waals surface area contributed by atoms with Crippen LogP contribution >= 0.6 is 0 Å². The van der Waals surface area contributed by atoms with Crippen molar-refractivity contribution in [3.05, 3.63) is 17.1 Å². The maximum Gasteiger partial charge on any atom is 0.223 e. The van der Waals surface area contributed by atoms with Gasteiger partial charge in [0.25, 0.3) is 0 Å². The molecule has 0 saturated carbocycles. The molecule has 0 amide bonds. The number of fused-ring (bicyclic) bond motifs is 1. The third-order valence-electron chi connectivity index (χ3n) is 2.17. The Morgan fingerprint density at radius 2 is 2.07 bits per heavy atom. The molecule has 0 aromatic carbocycles. The number of hydrogen-bond acceptors (Lipinski definition) is 5. The van der Waals surface area contributed by atoms with Gasteiger partial charge in [0.1, 0.15) is 6.61 Å². The summed E-state index contributed by atoms with van der Waals surface area (Å²) in [6.07, 6.45) is 0. The molecule has 0 bridgehead atoms. The van der Waals surface area contributed by atoms with Crippen LogP contribution in [0.15, 0.2) is 0 Å². The molecule has 14 heavy (non-hydrogen) atoms. The summed E-state index contributed by atoms with van der Waals surface area (Å²) < 4.78 is 1.44. The smallest absolute Gasteiger partial charge is 0.223 e. The number of aliphatic hydroxyl groups is 1. The van der Waals surface area contributed by atoms with E-state index in [1.807, 2.05) is 13.8 Å². The van der Waals surface area contributed by atoms with E-state index in [0.29, 0.717) is 11.5 Å². The van der Waals surface area contributed by atoms with Crippen molar-refractivity contribution in [1.82, 2.24) is 19.6 Å². The summed E-state index contributed by atoms with van der Waals surface area (Å²) in [7, 11) is 0. The van der Waals surface area contributed by atoms with Gasteiger partial charge in [0.05, 0.1) is 0 Å². The van der Waals surface area contributed by atoms with Crippen LogP contribution in [0, 0.1) is 13.8 Å². The first-order valence-corrected chi connectivity index (χ1v) is 4.22. The fraction of sp³-hybridized carbons (Fsp3) is 0.375. The van der Waals surface area contributed by atoms with E-state index in [1.54, 1.807) is 0 Å². The second-order valence-electron chi connectivity index (χ2n) is 3.10. The maximum absolute atomic E-state index is 8.89. The summed E-state index contributed by atoms with van der Waals surface area (Å²) in [5, 5.41) is 12.9. The lowest BCUT2D eigenvalue weighted by molar-refractivity contribution is 0.271. The Labute approximate surface area is 80.4 Å². The molecule has 6 nitrogen and oxygen atoms in total. The Morgan fingerprint density at radius 3 is 2.71 bits per heavy atom. The van der Waals surface area contributed by atoms with Gasteiger partial charge < -0.3 is 10.8 Å². The minimum atomic E-state index is -0.195. The van der Waals surface area contributed by atoms with E-state index in [-0.39, 0.29) is 12.6 Å². The molecule has 0 spiro atoms. The molecule has 0 radical (unpaired) electrons. The number of anilines is 1. The quantitative estimate of drug-likeness (QED) is 0.655. The maximum atomic E-state index is 8.89. The molecule has 74 valence electrons. The van der Waals surface area contributed by atoms with E-state index in [2.05, 4.69) is 15.1 Å². The van der Waals surface area contributed by atoms with Gasteiger partial charge in [-0.05, 0) is 13.8 Å². The lowest BCUT2D eigenvalue weighted by atomic mass is 10.2. The molecule has 0 atom stereocenters. The fourth-order valence-corrected chi connectivity index (χ4v) is 1.29. The number of aryl methyl sites for hydroxylation is 2. The van der Waals surface area contributed by atoms with Crippen LogP contribution < -0.4 is 5.73 Å². The van der Waals surface area contributed by atoms with Gasteiger partial charge in [-0.2, -0.15) is 4.52 Å². The Bertz CT molecular complexity index is 490. The second-order valence-corrected chi connectivity index (χ2v) is 3.10. The summed E-state index contributed by atoms with van der Waals surface area (Å²) in [6, 6.07) is 0. The number of nitrogens with zero attached hydrogens (tertiary/aromatic N) is 4. The molecule has 2 aromatic rings. The normalized spacial score (nSPS) is 11.1. The van der Waals surface area contributed by atoms with Gasteiger partial charge in [-0.15, -0.1) is 5.10 Å². The van der Waals surface area contributed by atoms with E-state index < -0.39 is 0 Å². The molecule has 0 unspecified atom stereocenters. The highest BCUT2D eigenvalue weighted by Crippen LogP contribution is 2.13. The summed E-state index contributed by atoms with van der Waals surface area (Å²) >= 11 is 0. The lowest BCUT2D eigenvalue weighted by Crippen LogP contribution is -2.05. The van der Waals surface area contributed by atoms with Gasteiger partial charge >= 0.3 is 0 Å². The van der Waals surface area contributed by atoms with Gasteiger partial charge in [-0.25, -0.2) is 9.97 Å². The van der Waals surface area contributed by atoms with Gasteiger partial charge in [0, 0.05) is 11.3 Å². The predicted molar refractivity (Wildman–Crippen MR) is 50.6 cm³/mol. The predicted octanol–water partition coefficient (Wildman–Crippen LogP) is -0.184. The summed E-state index contributed by atoms with van der Waals surface area (Å²) in [5.74, 6) is 0.641. The zero-order chi connectivity index (χ0) is 10.3. The molecule has 2 heterocycles. The largest absolute Gasteiger partial charge is 0.388 e. The van der Waals surface area contributed by atoms with Crippen molar-refractivity contribution in [2.24, 2.45) is 0 Å². The molecule has 2 aromatic heterocycles. The summed E-state index contributed by atoms with van der Waals surface area (Å²) in [6.45, 7) is 3.56. The number of aliphatic hydroxyl groups excluding tert-OH is 1. The van der Waals surface area contributed by atoms with E-state index in [4.69, 9.17) is 10.8 Å². The van der Waals surface area contributed by atoms with Gasteiger partial charge in [-0.3, -0.25) is 0 Å². The Morgan fingerprint density at radius 1 is 1.36 bits per heavy atom. The molecular weight excluding hydrogens is 182 g/mol. The molecule has 0 aliphatic carbocycles. The van der Waals surface area contributed by atoms with Crippen LogP contribution in [0.25, 0.3) is 5.65 Å². The van der Waals surface area contributed by atoms with Crippen molar-refractivity contribution in [1.29, 1.82) is 0 Å². The zero-order valence-corrected chi connectivity index (χ0v) is 8.02. The molecule has 2 rings (SSSR count). The lowest BCUT2D eigenvalue weighted by Gasteiger charge is -2.02. The molecule has 6 heteroatoms. The van der Waals surface area contributed by atoms with Crippen LogP contribution in [0.4, 0.5) is 5.95 Å². The third-order valence-corrected chi connectivity index (χ3v) is 2.17. The molecular formula is C8H11N5O. The summed E-state index contributed by atoms with van der Waals surface area (Å²) in [5.41, 5.74) is 8.06.